The lowest BCUT2D eigenvalue weighted by Crippen LogP contribution is -2.13. The molecular formula is C17H16N2O2. The lowest BCUT2D eigenvalue weighted by atomic mass is 10.1. The normalized spacial score (nSPS) is 13.5. The Morgan fingerprint density at radius 3 is 2.81 bits per heavy atom. The predicted molar refractivity (Wildman–Crippen MR) is 82.9 cm³/mol. The Kier molecular flexibility index (Phi) is 3.69. The molecule has 0 fully saturated rings. The maximum atomic E-state index is 11.7. The van der Waals surface area contributed by atoms with Gasteiger partial charge >= 0.3 is 5.97 Å². The maximum Gasteiger partial charge on any atom is 0.338 e. The van der Waals surface area contributed by atoms with Crippen LogP contribution >= 0.6 is 0 Å². The van der Waals surface area contributed by atoms with Crippen LogP contribution in [0, 0.1) is 0 Å². The van der Waals surface area contributed by atoms with Gasteiger partial charge in [0.25, 0.3) is 0 Å². The van der Waals surface area contributed by atoms with E-state index in [-0.39, 0.29) is 5.97 Å². The van der Waals surface area contributed by atoms with E-state index in [1.54, 1.807) is 12.3 Å². The first-order chi connectivity index (χ1) is 10.3. The van der Waals surface area contributed by atoms with E-state index in [0.29, 0.717) is 5.56 Å². The molecule has 1 heterocycles. The van der Waals surface area contributed by atoms with Gasteiger partial charge in [-0.15, -0.1) is 0 Å². The zero-order chi connectivity index (χ0) is 14.7. The highest BCUT2D eigenvalue weighted by Crippen LogP contribution is 2.27. The van der Waals surface area contributed by atoms with Gasteiger partial charge in [-0.25, -0.2) is 4.79 Å². The number of fused-ring (bicyclic) bond motifs is 1. The number of carbonyl (C=O) groups excluding carboxylic acids is 1. The first-order valence-electron chi connectivity index (χ1n) is 6.86. The number of esters is 1. The summed E-state index contributed by atoms with van der Waals surface area (Å²) in [7, 11) is 1.38. The van der Waals surface area contributed by atoms with Crippen molar-refractivity contribution >= 4 is 17.9 Å². The highest BCUT2D eigenvalue weighted by molar-refractivity contribution is 5.99. The van der Waals surface area contributed by atoms with E-state index in [9.17, 15) is 4.79 Å². The van der Waals surface area contributed by atoms with Crippen molar-refractivity contribution in [3.63, 3.8) is 0 Å². The van der Waals surface area contributed by atoms with Gasteiger partial charge in [0.15, 0.2) is 0 Å². The molecule has 0 saturated heterocycles. The van der Waals surface area contributed by atoms with E-state index in [0.717, 1.165) is 24.2 Å². The minimum Gasteiger partial charge on any atom is -0.465 e. The third-order valence-corrected chi connectivity index (χ3v) is 3.56. The summed E-state index contributed by atoms with van der Waals surface area (Å²) in [5.41, 5.74) is 3.71. The molecular weight excluding hydrogens is 264 g/mol. The summed E-state index contributed by atoms with van der Waals surface area (Å²) in [6.07, 6.45) is 2.71. The Hall–Kier alpha value is -2.62. The summed E-state index contributed by atoms with van der Waals surface area (Å²) in [6, 6.07) is 15.5. The van der Waals surface area contributed by atoms with Crippen molar-refractivity contribution in [3.05, 3.63) is 65.2 Å². The van der Waals surface area contributed by atoms with Gasteiger partial charge in [-0.1, -0.05) is 36.4 Å². The number of anilines is 1. The quantitative estimate of drug-likeness (QED) is 0.641. The zero-order valence-corrected chi connectivity index (χ0v) is 11.8. The molecule has 0 bridgehead atoms. The van der Waals surface area contributed by atoms with E-state index in [4.69, 9.17) is 4.74 Å². The average molecular weight is 280 g/mol. The van der Waals surface area contributed by atoms with Gasteiger partial charge in [-0.05, 0) is 24.1 Å². The number of para-hydroxylation sites is 1. The molecule has 106 valence electrons. The molecule has 2 aromatic rings. The molecule has 0 aromatic heterocycles. The third kappa shape index (κ3) is 2.65. The van der Waals surface area contributed by atoms with Crippen LogP contribution in [-0.2, 0) is 11.2 Å². The van der Waals surface area contributed by atoms with Crippen LogP contribution in [-0.4, -0.2) is 25.8 Å². The lowest BCUT2D eigenvalue weighted by Gasteiger charge is -2.12. The van der Waals surface area contributed by atoms with Crippen LogP contribution < -0.4 is 5.01 Å². The van der Waals surface area contributed by atoms with Crippen LogP contribution in [0.5, 0.6) is 0 Å². The third-order valence-electron chi connectivity index (χ3n) is 3.56. The number of hydrazone groups is 1. The molecule has 21 heavy (non-hydrogen) atoms. The van der Waals surface area contributed by atoms with Crippen LogP contribution in [0.15, 0.2) is 53.6 Å². The SMILES string of the molecule is COC(=O)c1ccccc1/C=N/N1CCc2ccccc21. The molecule has 0 unspecified atom stereocenters. The Morgan fingerprint density at radius 1 is 1.19 bits per heavy atom. The van der Waals surface area contributed by atoms with Crippen molar-refractivity contribution in [2.45, 2.75) is 6.42 Å². The fourth-order valence-electron chi connectivity index (χ4n) is 2.48. The predicted octanol–water partition coefficient (Wildman–Crippen LogP) is 2.87. The van der Waals surface area contributed by atoms with Crippen molar-refractivity contribution in [1.29, 1.82) is 0 Å². The van der Waals surface area contributed by atoms with E-state index in [1.807, 2.05) is 35.3 Å². The largest absolute Gasteiger partial charge is 0.465 e. The highest BCUT2D eigenvalue weighted by atomic mass is 16.5. The van der Waals surface area contributed by atoms with Crippen LogP contribution in [0.4, 0.5) is 5.69 Å². The molecule has 0 aliphatic carbocycles. The highest BCUT2D eigenvalue weighted by Gasteiger charge is 2.17. The van der Waals surface area contributed by atoms with Crippen LogP contribution in [0.1, 0.15) is 21.5 Å². The second-order valence-corrected chi connectivity index (χ2v) is 4.83. The molecule has 3 rings (SSSR count). The summed E-state index contributed by atoms with van der Waals surface area (Å²) in [5, 5.41) is 6.47. The molecule has 0 amide bonds. The van der Waals surface area contributed by atoms with Gasteiger partial charge in [-0.3, -0.25) is 5.01 Å². The van der Waals surface area contributed by atoms with Crippen molar-refractivity contribution in [3.8, 4) is 0 Å². The van der Waals surface area contributed by atoms with Crippen molar-refractivity contribution in [2.75, 3.05) is 18.7 Å². The molecule has 4 nitrogen and oxygen atoms in total. The number of methoxy groups -OCH3 is 1. The second kappa shape index (κ2) is 5.79. The van der Waals surface area contributed by atoms with E-state index < -0.39 is 0 Å². The average Bonchev–Trinajstić information content (AvgIpc) is 2.96. The number of benzene rings is 2. The topological polar surface area (TPSA) is 41.9 Å². The lowest BCUT2D eigenvalue weighted by molar-refractivity contribution is 0.0600. The smallest absolute Gasteiger partial charge is 0.338 e. The van der Waals surface area contributed by atoms with Gasteiger partial charge in [0.1, 0.15) is 0 Å². The molecule has 0 atom stereocenters. The number of rotatable bonds is 3. The first-order valence-corrected chi connectivity index (χ1v) is 6.86. The molecule has 0 saturated carbocycles. The molecule has 2 aromatic carbocycles. The summed E-state index contributed by atoms with van der Waals surface area (Å²) in [4.78, 5) is 11.7. The van der Waals surface area contributed by atoms with Gasteiger partial charge in [0.05, 0.1) is 24.6 Å². The minimum absolute atomic E-state index is 0.348. The first kappa shape index (κ1) is 13.4. The summed E-state index contributed by atoms with van der Waals surface area (Å²) in [5.74, 6) is -0.348. The summed E-state index contributed by atoms with van der Waals surface area (Å²) in [6.45, 7) is 0.857. The van der Waals surface area contributed by atoms with Gasteiger partial charge < -0.3 is 4.74 Å². The van der Waals surface area contributed by atoms with Crippen LogP contribution in [0.3, 0.4) is 0 Å². The van der Waals surface area contributed by atoms with Crippen molar-refractivity contribution in [1.82, 2.24) is 0 Å². The number of hydrogen-bond acceptors (Lipinski definition) is 4. The standard InChI is InChI=1S/C17H16N2O2/c1-21-17(20)15-8-4-2-7-14(15)12-18-19-11-10-13-6-3-5-9-16(13)19/h2-9,12H,10-11H2,1H3/b18-12+. The maximum absolute atomic E-state index is 11.7. The zero-order valence-electron chi connectivity index (χ0n) is 11.8. The minimum atomic E-state index is -0.348. The van der Waals surface area contributed by atoms with Crippen molar-refractivity contribution in [2.24, 2.45) is 5.10 Å². The van der Waals surface area contributed by atoms with Crippen molar-refractivity contribution < 1.29 is 9.53 Å². The fourth-order valence-corrected chi connectivity index (χ4v) is 2.48. The van der Waals surface area contributed by atoms with Crippen LogP contribution in [0.2, 0.25) is 0 Å². The Morgan fingerprint density at radius 2 is 1.95 bits per heavy atom. The summed E-state index contributed by atoms with van der Waals surface area (Å²) < 4.78 is 4.79. The Bertz CT molecular complexity index is 695. The summed E-state index contributed by atoms with van der Waals surface area (Å²) >= 11 is 0. The van der Waals surface area contributed by atoms with Gasteiger partial charge in [-0.2, -0.15) is 5.10 Å². The second-order valence-electron chi connectivity index (χ2n) is 4.83. The van der Waals surface area contributed by atoms with E-state index >= 15 is 0 Å². The molecule has 1 aliphatic heterocycles. The van der Waals surface area contributed by atoms with Crippen LogP contribution in [0.25, 0.3) is 0 Å². The van der Waals surface area contributed by atoms with E-state index in [2.05, 4.69) is 17.2 Å². The van der Waals surface area contributed by atoms with Gasteiger partial charge in [0.2, 0.25) is 0 Å². The monoisotopic (exact) mass is 280 g/mol. The number of carbonyl (C=O) groups is 1. The molecule has 0 N–H and O–H groups in total. The number of nitrogens with zero attached hydrogens (tertiary/aromatic N) is 2. The van der Waals surface area contributed by atoms with E-state index in [1.165, 1.54) is 12.7 Å². The molecule has 4 heteroatoms. The Balaban J connectivity index is 1.87. The Labute approximate surface area is 123 Å². The van der Waals surface area contributed by atoms with Gasteiger partial charge in [0, 0.05) is 12.1 Å². The molecule has 0 spiro atoms. The molecule has 0 radical (unpaired) electrons. The fraction of sp³-hybridized carbons (Fsp3) is 0.176. The number of hydrogen-bond donors (Lipinski definition) is 0. The molecule has 1 aliphatic rings. The number of ether oxygens (including phenoxy) is 1.